The van der Waals surface area contributed by atoms with Crippen LogP contribution in [-0.2, 0) is 17.3 Å². The van der Waals surface area contributed by atoms with Crippen molar-refractivity contribution in [2.45, 2.75) is 6.54 Å². The van der Waals surface area contributed by atoms with Gasteiger partial charge < -0.3 is 0 Å². The number of rotatable bonds is 4. The lowest BCUT2D eigenvalue weighted by Crippen LogP contribution is -2.08. The fourth-order valence-electron chi connectivity index (χ4n) is 1.47. The van der Waals surface area contributed by atoms with Crippen LogP contribution in [-0.4, -0.2) is 36.0 Å². The summed E-state index contributed by atoms with van der Waals surface area (Å²) in [7, 11) is -0.844. The Morgan fingerprint density at radius 1 is 1.47 bits per heavy atom. The Morgan fingerprint density at radius 3 is 2.82 bits per heavy atom. The molecule has 5 nitrogen and oxygen atoms in total. The average molecular weight is 268 g/mol. The summed E-state index contributed by atoms with van der Waals surface area (Å²) in [5.41, 5.74) is 0.939. The predicted molar refractivity (Wildman–Crippen MR) is 69.6 cm³/mol. The molecular formula is C10H12N4OS2. The van der Waals surface area contributed by atoms with Crippen molar-refractivity contribution in [1.29, 1.82) is 0 Å². The molecule has 2 aromatic heterocycles. The second kappa shape index (κ2) is 5.33. The van der Waals surface area contributed by atoms with E-state index in [2.05, 4.69) is 15.2 Å². The third-order valence-electron chi connectivity index (χ3n) is 2.30. The molecule has 0 aliphatic heterocycles. The van der Waals surface area contributed by atoms with Crippen LogP contribution in [0, 0.1) is 4.77 Å². The van der Waals surface area contributed by atoms with Gasteiger partial charge in [0.15, 0.2) is 10.6 Å². The van der Waals surface area contributed by atoms with Crippen LogP contribution in [0.25, 0.3) is 11.4 Å². The van der Waals surface area contributed by atoms with Crippen molar-refractivity contribution < 1.29 is 4.21 Å². The van der Waals surface area contributed by atoms with Crippen molar-refractivity contribution in [3.05, 3.63) is 29.3 Å². The van der Waals surface area contributed by atoms with E-state index in [9.17, 15) is 4.21 Å². The van der Waals surface area contributed by atoms with Crippen LogP contribution in [0.2, 0.25) is 0 Å². The van der Waals surface area contributed by atoms with E-state index in [1.165, 1.54) is 0 Å². The standard InChI is InChI=1S/C10H12N4OS2/c1-17(15)7-6-14-9(12-13-10(14)16)8-2-4-11-5-3-8/h2-5H,6-7H2,1H3,(H,13,16). The zero-order valence-corrected chi connectivity index (χ0v) is 10.9. The van der Waals surface area contributed by atoms with E-state index in [1.807, 2.05) is 16.7 Å². The van der Waals surface area contributed by atoms with E-state index in [0.29, 0.717) is 17.1 Å². The topological polar surface area (TPSA) is 63.6 Å². The molecule has 1 unspecified atom stereocenters. The van der Waals surface area contributed by atoms with Gasteiger partial charge in [-0.3, -0.25) is 18.9 Å². The monoisotopic (exact) mass is 268 g/mol. The average Bonchev–Trinajstić information content (AvgIpc) is 2.69. The van der Waals surface area contributed by atoms with E-state index in [0.717, 1.165) is 11.4 Å². The van der Waals surface area contributed by atoms with Gasteiger partial charge >= 0.3 is 0 Å². The highest BCUT2D eigenvalue weighted by Crippen LogP contribution is 2.15. The van der Waals surface area contributed by atoms with Gasteiger partial charge in [-0.1, -0.05) is 0 Å². The maximum Gasteiger partial charge on any atom is 0.195 e. The summed E-state index contributed by atoms with van der Waals surface area (Å²) < 4.78 is 13.5. The Morgan fingerprint density at radius 2 is 2.18 bits per heavy atom. The lowest BCUT2D eigenvalue weighted by atomic mass is 10.2. The largest absolute Gasteiger partial charge is 0.299 e. The molecule has 0 aliphatic rings. The number of pyridine rings is 1. The van der Waals surface area contributed by atoms with E-state index < -0.39 is 10.8 Å². The first-order valence-corrected chi connectivity index (χ1v) is 7.17. The molecule has 2 rings (SSSR count). The van der Waals surface area contributed by atoms with Gasteiger partial charge in [-0.05, 0) is 24.4 Å². The molecule has 0 saturated heterocycles. The van der Waals surface area contributed by atoms with E-state index >= 15 is 0 Å². The third kappa shape index (κ3) is 2.86. The van der Waals surface area contributed by atoms with E-state index in [-0.39, 0.29) is 0 Å². The summed E-state index contributed by atoms with van der Waals surface area (Å²) in [6, 6.07) is 3.73. The fraction of sp³-hybridized carbons (Fsp3) is 0.300. The van der Waals surface area contributed by atoms with Gasteiger partial charge in [0.05, 0.1) is 0 Å². The van der Waals surface area contributed by atoms with Crippen LogP contribution in [0.3, 0.4) is 0 Å². The summed E-state index contributed by atoms with van der Waals surface area (Å²) in [5, 5.41) is 6.94. The van der Waals surface area contributed by atoms with Crippen molar-refractivity contribution in [3.63, 3.8) is 0 Å². The first-order valence-electron chi connectivity index (χ1n) is 5.04. The molecular weight excluding hydrogens is 256 g/mol. The molecule has 0 bridgehead atoms. The maximum absolute atomic E-state index is 11.1. The van der Waals surface area contributed by atoms with Crippen molar-refractivity contribution in [2.24, 2.45) is 0 Å². The fourth-order valence-corrected chi connectivity index (χ4v) is 2.13. The van der Waals surface area contributed by atoms with Gasteiger partial charge in [-0.15, -0.1) is 0 Å². The minimum absolute atomic E-state index is 0.544. The van der Waals surface area contributed by atoms with Crippen molar-refractivity contribution >= 4 is 23.0 Å². The Hall–Kier alpha value is -1.34. The second-order valence-corrected chi connectivity index (χ2v) is 5.46. The molecule has 7 heteroatoms. The zero-order valence-electron chi connectivity index (χ0n) is 9.29. The minimum atomic E-state index is -0.844. The summed E-state index contributed by atoms with van der Waals surface area (Å²) in [6.07, 6.45) is 5.08. The van der Waals surface area contributed by atoms with Gasteiger partial charge in [0.2, 0.25) is 0 Å². The molecule has 2 heterocycles. The van der Waals surface area contributed by atoms with Crippen molar-refractivity contribution in [2.75, 3.05) is 12.0 Å². The molecule has 17 heavy (non-hydrogen) atoms. The Kier molecular flexibility index (Phi) is 3.80. The smallest absolute Gasteiger partial charge is 0.195 e. The second-order valence-electron chi connectivity index (χ2n) is 3.52. The molecule has 0 aliphatic carbocycles. The van der Waals surface area contributed by atoms with Crippen LogP contribution < -0.4 is 0 Å². The molecule has 0 amide bonds. The SMILES string of the molecule is CS(=O)CCn1c(-c2ccncc2)n[nH]c1=S. The number of aromatic amines is 1. The molecule has 0 aromatic carbocycles. The van der Waals surface area contributed by atoms with Crippen LogP contribution >= 0.6 is 12.2 Å². The van der Waals surface area contributed by atoms with Crippen LogP contribution in [0.5, 0.6) is 0 Å². The maximum atomic E-state index is 11.1. The van der Waals surface area contributed by atoms with Gasteiger partial charge in [-0.2, -0.15) is 5.10 Å². The first kappa shape index (κ1) is 12.1. The number of hydrogen-bond acceptors (Lipinski definition) is 4. The molecule has 0 spiro atoms. The molecule has 0 radical (unpaired) electrons. The normalized spacial score (nSPS) is 12.5. The van der Waals surface area contributed by atoms with Crippen LogP contribution in [0.15, 0.2) is 24.5 Å². The van der Waals surface area contributed by atoms with Crippen LogP contribution in [0.4, 0.5) is 0 Å². The number of hydrogen-bond donors (Lipinski definition) is 1. The quantitative estimate of drug-likeness (QED) is 0.851. The third-order valence-corrected chi connectivity index (χ3v) is 3.37. The molecule has 1 atom stereocenters. The predicted octanol–water partition coefficient (Wildman–Crippen LogP) is 1.38. The molecule has 0 saturated carbocycles. The summed E-state index contributed by atoms with van der Waals surface area (Å²) in [4.78, 5) is 3.96. The van der Waals surface area contributed by atoms with Gasteiger partial charge in [-0.25, -0.2) is 0 Å². The highest BCUT2D eigenvalue weighted by molar-refractivity contribution is 7.84. The number of aromatic nitrogens is 4. The molecule has 0 fully saturated rings. The highest BCUT2D eigenvalue weighted by atomic mass is 32.2. The number of H-pyrrole nitrogens is 1. The lowest BCUT2D eigenvalue weighted by molar-refractivity contribution is 0.676. The van der Waals surface area contributed by atoms with Gasteiger partial charge in [0.1, 0.15) is 0 Å². The molecule has 90 valence electrons. The van der Waals surface area contributed by atoms with E-state index in [1.54, 1.807) is 18.6 Å². The first-order chi connectivity index (χ1) is 8.18. The summed E-state index contributed by atoms with van der Waals surface area (Å²) in [6.45, 7) is 0.593. The molecule has 1 N–H and O–H groups in total. The Balaban J connectivity index is 2.36. The highest BCUT2D eigenvalue weighted by Gasteiger charge is 2.08. The Labute approximate surface area is 106 Å². The van der Waals surface area contributed by atoms with Gasteiger partial charge in [0.25, 0.3) is 0 Å². The van der Waals surface area contributed by atoms with Crippen LogP contribution in [0.1, 0.15) is 0 Å². The summed E-state index contributed by atoms with van der Waals surface area (Å²) >= 11 is 5.16. The summed E-state index contributed by atoms with van der Waals surface area (Å²) in [5.74, 6) is 1.31. The lowest BCUT2D eigenvalue weighted by Gasteiger charge is -2.05. The number of nitrogens with one attached hydrogen (secondary N) is 1. The Bertz CT molecular complexity index is 575. The van der Waals surface area contributed by atoms with E-state index in [4.69, 9.17) is 12.2 Å². The molecule has 2 aromatic rings. The number of nitrogens with zero attached hydrogens (tertiary/aromatic N) is 3. The zero-order chi connectivity index (χ0) is 12.3. The van der Waals surface area contributed by atoms with Crippen molar-refractivity contribution in [1.82, 2.24) is 19.7 Å². The van der Waals surface area contributed by atoms with Gasteiger partial charge in [0, 0.05) is 47.3 Å². The minimum Gasteiger partial charge on any atom is -0.299 e. The van der Waals surface area contributed by atoms with Crippen molar-refractivity contribution in [3.8, 4) is 11.4 Å².